The van der Waals surface area contributed by atoms with Gasteiger partial charge in [-0.1, -0.05) is 42.1 Å². The van der Waals surface area contributed by atoms with Gasteiger partial charge in [0.05, 0.1) is 0 Å². The van der Waals surface area contributed by atoms with E-state index in [9.17, 15) is 4.79 Å². The van der Waals surface area contributed by atoms with E-state index in [2.05, 4.69) is 20.9 Å². The summed E-state index contributed by atoms with van der Waals surface area (Å²) in [5, 5.41) is 13.6. The van der Waals surface area contributed by atoms with Crippen molar-refractivity contribution in [3.05, 3.63) is 53.9 Å². The molecule has 0 radical (unpaired) electrons. The maximum Gasteiger partial charge on any atom is 0.257 e. The largest absolute Gasteiger partial charge is 0.298 e. The molecule has 122 valence electrons. The summed E-state index contributed by atoms with van der Waals surface area (Å²) < 4.78 is 1.63. The highest BCUT2D eigenvalue weighted by atomic mass is 32.2. The van der Waals surface area contributed by atoms with Crippen LogP contribution in [0.1, 0.15) is 16.2 Å². The lowest BCUT2D eigenvalue weighted by Crippen LogP contribution is -2.38. The van der Waals surface area contributed by atoms with Crippen molar-refractivity contribution in [3.8, 4) is 0 Å². The summed E-state index contributed by atoms with van der Waals surface area (Å²) in [7, 11) is 0. The maximum atomic E-state index is 12.4. The Labute approximate surface area is 148 Å². The first kappa shape index (κ1) is 16.4. The van der Waals surface area contributed by atoms with E-state index in [0.717, 1.165) is 10.8 Å². The van der Waals surface area contributed by atoms with Crippen LogP contribution in [0.5, 0.6) is 0 Å². The van der Waals surface area contributed by atoms with Crippen molar-refractivity contribution in [1.29, 1.82) is 0 Å². The second-order valence-corrected chi connectivity index (χ2v) is 6.21. The molecule has 0 aliphatic rings. The number of carbonyl (C=O) groups is 1. The topological polar surface area (TPSA) is 71.8 Å². The zero-order valence-corrected chi connectivity index (χ0v) is 14.7. The molecule has 1 amide bonds. The van der Waals surface area contributed by atoms with E-state index in [1.807, 2.05) is 42.7 Å². The Morgan fingerprint density at radius 3 is 2.67 bits per heavy atom. The standard InChI is InChI=1S/C16H15N5OS2/c1-10-18-19-16(24-2)21(10)20-15(23)17-14(22)13-8-7-11-5-3-4-6-12(11)9-13/h3-9H,1-2H3,(H2,17,20,22,23). The van der Waals surface area contributed by atoms with E-state index in [1.165, 1.54) is 11.8 Å². The van der Waals surface area contributed by atoms with Crippen molar-refractivity contribution in [1.82, 2.24) is 20.2 Å². The van der Waals surface area contributed by atoms with E-state index in [-0.39, 0.29) is 11.0 Å². The molecule has 6 nitrogen and oxygen atoms in total. The van der Waals surface area contributed by atoms with Gasteiger partial charge in [0.2, 0.25) is 5.16 Å². The number of thioether (sulfide) groups is 1. The third kappa shape index (κ3) is 3.39. The van der Waals surface area contributed by atoms with E-state index < -0.39 is 0 Å². The van der Waals surface area contributed by atoms with Crippen LogP contribution in [0.3, 0.4) is 0 Å². The lowest BCUT2D eigenvalue weighted by atomic mass is 10.1. The first-order valence-corrected chi connectivity index (χ1v) is 8.79. The van der Waals surface area contributed by atoms with Crippen LogP contribution in [-0.4, -0.2) is 32.1 Å². The summed E-state index contributed by atoms with van der Waals surface area (Å²) in [4.78, 5) is 12.4. The lowest BCUT2D eigenvalue weighted by molar-refractivity contribution is 0.0977. The number of nitrogens with zero attached hydrogens (tertiary/aromatic N) is 3. The highest BCUT2D eigenvalue weighted by Crippen LogP contribution is 2.15. The molecule has 1 aromatic heterocycles. The van der Waals surface area contributed by atoms with Crippen molar-refractivity contribution < 1.29 is 4.79 Å². The number of rotatable bonds is 3. The number of amides is 1. The van der Waals surface area contributed by atoms with Crippen molar-refractivity contribution in [2.24, 2.45) is 0 Å². The predicted octanol–water partition coefficient (Wildman–Crippen LogP) is 2.72. The fourth-order valence-corrected chi connectivity index (χ4v) is 2.91. The van der Waals surface area contributed by atoms with Gasteiger partial charge in [0, 0.05) is 5.56 Å². The summed E-state index contributed by atoms with van der Waals surface area (Å²) in [5.41, 5.74) is 3.46. The first-order chi connectivity index (χ1) is 11.6. The van der Waals surface area contributed by atoms with Crippen LogP contribution < -0.4 is 10.7 Å². The van der Waals surface area contributed by atoms with Crippen molar-refractivity contribution in [2.75, 3.05) is 11.7 Å². The van der Waals surface area contributed by atoms with E-state index in [1.54, 1.807) is 17.7 Å². The molecule has 8 heteroatoms. The van der Waals surface area contributed by atoms with Crippen LogP contribution in [0.25, 0.3) is 10.8 Å². The molecule has 24 heavy (non-hydrogen) atoms. The second kappa shape index (κ2) is 6.98. The highest BCUT2D eigenvalue weighted by Gasteiger charge is 2.12. The Kier molecular flexibility index (Phi) is 4.77. The minimum Gasteiger partial charge on any atom is -0.298 e. The van der Waals surface area contributed by atoms with Crippen LogP contribution in [0.2, 0.25) is 0 Å². The minimum absolute atomic E-state index is 0.186. The monoisotopic (exact) mass is 357 g/mol. The van der Waals surface area contributed by atoms with Crippen LogP contribution >= 0.6 is 24.0 Å². The molecule has 2 N–H and O–H groups in total. The minimum atomic E-state index is -0.269. The first-order valence-electron chi connectivity index (χ1n) is 7.15. The van der Waals surface area contributed by atoms with E-state index in [4.69, 9.17) is 12.2 Å². The molecule has 0 bridgehead atoms. The van der Waals surface area contributed by atoms with Gasteiger partial charge >= 0.3 is 0 Å². The summed E-state index contributed by atoms with van der Waals surface area (Å²) in [5.74, 6) is 0.385. The number of nitrogens with one attached hydrogen (secondary N) is 2. The second-order valence-electron chi connectivity index (χ2n) is 5.03. The molecule has 0 fully saturated rings. The molecule has 0 aliphatic carbocycles. The molecule has 1 heterocycles. The Morgan fingerprint density at radius 1 is 1.17 bits per heavy atom. The highest BCUT2D eigenvalue weighted by molar-refractivity contribution is 7.98. The van der Waals surface area contributed by atoms with Crippen molar-refractivity contribution in [2.45, 2.75) is 12.1 Å². The van der Waals surface area contributed by atoms with Gasteiger partial charge in [-0.2, -0.15) is 0 Å². The number of fused-ring (bicyclic) bond motifs is 1. The fraction of sp³-hybridized carbons (Fsp3) is 0.125. The lowest BCUT2D eigenvalue weighted by Gasteiger charge is -2.12. The number of aromatic nitrogens is 3. The molecule has 0 saturated heterocycles. The van der Waals surface area contributed by atoms with Gasteiger partial charge in [0.1, 0.15) is 5.82 Å². The fourth-order valence-electron chi connectivity index (χ4n) is 2.24. The molecular weight excluding hydrogens is 342 g/mol. The smallest absolute Gasteiger partial charge is 0.257 e. The summed E-state index contributed by atoms with van der Waals surface area (Å²) in [6.45, 7) is 1.80. The van der Waals surface area contributed by atoms with Gasteiger partial charge in [-0.15, -0.1) is 10.2 Å². The third-order valence-corrected chi connectivity index (χ3v) is 4.25. The van der Waals surface area contributed by atoms with E-state index in [0.29, 0.717) is 16.5 Å². The zero-order chi connectivity index (χ0) is 17.1. The summed E-state index contributed by atoms with van der Waals surface area (Å²) >= 11 is 6.64. The maximum absolute atomic E-state index is 12.4. The normalized spacial score (nSPS) is 10.6. The third-order valence-electron chi connectivity index (χ3n) is 3.43. The number of hydrogen-bond donors (Lipinski definition) is 2. The molecule has 0 atom stereocenters. The van der Waals surface area contributed by atoms with Gasteiger partial charge in [0.15, 0.2) is 5.11 Å². The number of aryl methyl sites for hydroxylation is 1. The predicted molar refractivity (Wildman–Crippen MR) is 99.9 cm³/mol. The molecule has 3 rings (SSSR count). The van der Waals surface area contributed by atoms with Crippen LogP contribution in [-0.2, 0) is 0 Å². The Balaban J connectivity index is 1.73. The molecule has 0 spiro atoms. The summed E-state index contributed by atoms with van der Waals surface area (Å²) in [6.07, 6.45) is 1.89. The number of hydrogen-bond acceptors (Lipinski definition) is 5. The average Bonchev–Trinajstić information content (AvgIpc) is 2.94. The number of carbonyl (C=O) groups excluding carboxylic acids is 1. The van der Waals surface area contributed by atoms with Gasteiger partial charge in [-0.05, 0) is 48.3 Å². The Morgan fingerprint density at radius 2 is 1.92 bits per heavy atom. The zero-order valence-electron chi connectivity index (χ0n) is 13.1. The van der Waals surface area contributed by atoms with Crippen molar-refractivity contribution >= 4 is 45.8 Å². The van der Waals surface area contributed by atoms with E-state index >= 15 is 0 Å². The molecule has 0 unspecified atom stereocenters. The van der Waals surface area contributed by atoms with Gasteiger partial charge in [0.25, 0.3) is 5.91 Å². The van der Waals surface area contributed by atoms with Gasteiger partial charge < -0.3 is 0 Å². The SMILES string of the molecule is CSc1nnc(C)n1NC(=S)NC(=O)c1ccc2ccccc2c1. The van der Waals surface area contributed by atoms with Crippen molar-refractivity contribution in [3.63, 3.8) is 0 Å². The van der Waals surface area contributed by atoms with Crippen LogP contribution in [0.15, 0.2) is 47.6 Å². The Hall–Kier alpha value is -2.45. The number of benzene rings is 2. The van der Waals surface area contributed by atoms with Gasteiger partial charge in [-0.3, -0.25) is 15.5 Å². The van der Waals surface area contributed by atoms with Gasteiger partial charge in [-0.25, -0.2) is 4.68 Å². The molecule has 2 aromatic carbocycles. The average molecular weight is 357 g/mol. The molecule has 0 aliphatic heterocycles. The summed E-state index contributed by atoms with van der Waals surface area (Å²) in [6, 6.07) is 13.4. The molecule has 0 saturated carbocycles. The number of thiocarbonyl (C=S) groups is 1. The van der Waals surface area contributed by atoms with Crippen LogP contribution in [0.4, 0.5) is 0 Å². The molecular formula is C16H15N5OS2. The Bertz CT molecular complexity index is 922. The molecule has 3 aromatic rings. The quantitative estimate of drug-likeness (QED) is 0.555. The van der Waals surface area contributed by atoms with Crippen LogP contribution in [0, 0.1) is 6.92 Å².